The lowest BCUT2D eigenvalue weighted by Gasteiger charge is -2.60. The molecule has 18 bridgehead atoms. The molecule has 20 heteroatoms. The van der Waals surface area contributed by atoms with Gasteiger partial charge in [0.2, 0.25) is 0 Å². The van der Waals surface area contributed by atoms with E-state index in [1.165, 1.54) is 218 Å². The molecule has 134 heavy (non-hydrogen) atoms. The van der Waals surface area contributed by atoms with Gasteiger partial charge in [0.1, 0.15) is 0 Å². The molecule has 0 heterocycles. The Morgan fingerprint density at radius 3 is 0.784 bits per heavy atom. The highest BCUT2D eigenvalue weighted by atomic mass is 19.4. The molecule has 0 aromatic heterocycles. The third-order valence-electron chi connectivity index (χ3n) is 44.4. The summed E-state index contributed by atoms with van der Waals surface area (Å²) in [5, 5.41) is 0. The van der Waals surface area contributed by atoms with Gasteiger partial charge in [-0.1, -0.05) is 289 Å². The van der Waals surface area contributed by atoms with Crippen molar-refractivity contribution < 1.29 is 87.8 Å². The second-order valence-corrected chi connectivity index (χ2v) is 55.5. The number of rotatable bonds is 5. The summed E-state index contributed by atoms with van der Waals surface area (Å²) in [7, 11) is 0. The Balaban J connectivity index is 0.000000153. The standard InChI is InChI=1S/C13H22.C12H20.C12H22.C11H20.C10H18.C9H16.C9H18.C8H4F10.2C8H16.C7H4F10.C7H14/c1-3-13(2)11-5-9-4-10(7-11)8-12(13)6-9;1-12(2)10-4-8-3-9(6-10)7-11(12)5-8;1-5-12(4)8-9-6-7-10(12)11(9,2)3;1-10(2)7-8-5-6-9(10)11(8,3)4;1-3-10(2)7-8-4-5-9(10)6-8;1-9(2)6-7-3-4-8(9)5-7;1-3-9(2)7-5-4-6-8-9;1-2-3(9)6(13,14)5(12,4(2,10)11)8(17,18)7(3,15)16;1-8(2)6-4-3-5-7-8;1-3-8(2)6-4-5-7-8;1-2-3(8,9)5(12,13)7(16,17)6(14,15)4(2,10)11;1-7(2)5-3-4-6-7/h9-12H,3-8H2,1-2H3;8-11H,3-7H2,1-2H3;9-10H,5-8H2,1-4H3;8-9H,5-7H2,1-4H3;8-9H,3-7H2,1-2H3;7-8H,3-6H2,1-2H3;3-8H2,1-2H3;2H,1H3;2*3-7H2,1-2H3;2H,1H3;3-6H2,1-2H3. The van der Waals surface area contributed by atoms with E-state index in [0.717, 1.165) is 116 Å². The van der Waals surface area contributed by atoms with Crippen LogP contribution in [0.3, 0.4) is 0 Å². The van der Waals surface area contributed by atoms with Gasteiger partial charge in [-0.05, 0) is 352 Å². The lowest BCUT2D eigenvalue weighted by atomic mass is 9.45. The monoisotopic (exact) mass is 1940 g/mol. The van der Waals surface area contributed by atoms with Crippen LogP contribution in [0.5, 0.6) is 0 Å². The highest BCUT2D eigenvalue weighted by Crippen LogP contribution is 2.82. The van der Waals surface area contributed by atoms with Crippen LogP contribution in [0.4, 0.5) is 87.8 Å². The quantitative estimate of drug-likeness (QED) is 0.241. The maximum Gasteiger partial charge on any atom is 0.384 e. The van der Waals surface area contributed by atoms with Crippen molar-refractivity contribution in [2.75, 3.05) is 0 Å². The zero-order chi connectivity index (χ0) is 101. The van der Waals surface area contributed by atoms with Crippen molar-refractivity contribution in [2.45, 2.75) is 546 Å². The summed E-state index contributed by atoms with van der Waals surface area (Å²) in [6.45, 7) is 58.0. The van der Waals surface area contributed by atoms with Crippen molar-refractivity contribution in [3.8, 4) is 0 Å². The minimum atomic E-state index is -6.85. The SMILES string of the molecule is CC1(C)C2CC3CC(C2)CC1C3.CC1(C)CC2CCC1C2.CC1(C)CC2CCC1C2(C)C.CC1(C)CCCC1.CC1(C)CCCCC1.CC1C(F)(F)C(F)(F)C(F)(F)C(F)(F)C1(F)F.CC1C(F)(F)C2(F)C(F)(F)C(F)(F)C1(F)C2(F)F.CCC1(C)C2CC3CC(C2)CC1C3.CCC1(C)CC2CCC1C2.CCC1(C)CC2CCC1C2(C)C.CCC1(C)CCCC1.CCC1(C)CCCCC1. The van der Waals surface area contributed by atoms with Crippen LogP contribution >= 0.6 is 0 Å². The van der Waals surface area contributed by atoms with Crippen molar-refractivity contribution in [3.63, 3.8) is 0 Å². The molecule has 0 N–H and O–H groups in total. The molecule has 23 rings (SSSR count). The fourth-order valence-corrected chi connectivity index (χ4v) is 33.5. The van der Waals surface area contributed by atoms with Crippen LogP contribution < -0.4 is 0 Å². The van der Waals surface area contributed by atoms with Crippen molar-refractivity contribution in [1.82, 2.24) is 0 Å². The van der Waals surface area contributed by atoms with Crippen LogP contribution in [0.25, 0.3) is 0 Å². The lowest BCUT2D eigenvalue weighted by molar-refractivity contribution is -0.461. The predicted molar refractivity (Wildman–Crippen MR) is 509 cm³/mol. The van der Waals surface area contributed by atoms with Crippen LogP contribution in [0, 0.1) is 172 Å². The van der Waals surface area contributed by atoms with E-state index in [2.05, 4.69) is 166 Å². The summed E-state index contributed by atoms with van der Waals surface area (Å²) in [6.07, 6.45) is 70.5. The van der Waals surface area contributed by atoms with Gasteiger partial charge in [0, 0.05) is 0 Å². The van der Waals surface area contributed by atoms with Gasteiger partial charge >= 0.3 is 53.0 Å². The summed E-state index contributed by atoms with van der Waals surface area (Å²) in [5.41, 5.74) is -3.53. The smallest absolute Gasteiger partial charge is 0.229 e. The summed E-state index contributed by atoms with van der Waals surface area (Å²) in [6, 6.07) is 0. The third-order valence-corrected chi connectivity index (χ3v) is 44.4. The highest BCUT2D eigenvalue weighted by Gasteiger charge is 3.11. The minimum Gasteiger partial charge on any atom is -0.229 e. The molecule has 13 atom stereocenters. The third kappa shape index (κ3) is 20.7. The molecule has 0 saturated heterocycles. The molecule has 13 unspecified atom stereocenters. The Kier molecular flexibility index (Phi) is 34.0. The number of fused-ring (bicyclic) bond motifs is 10. The second-order valence-electron chi connectivity index (χ2n) is 55.5. The Hall–Kier alpha value is -1.40. The van der Waals surface area contributed by atoms with E-state index in [1.54, 1.807) is 83.5 Å². The topological polar surface area (TPSA) is 0 Å². The van der Waals surface area contributed by atoms with E-state index < -0.39 is 76.5 Å². The molecule has 0 aliphatic heterocycles. The molecule has 23 aliphatic rings. The molecule has 0 amide bonds. The number of hydrogen-bond donors (Lipinski definition) is 0. The van der Waals surface area contributed by atoms with Crippen LogP contribution in [0.2, 0.25) is 0 Å². The zero-order valence-electron chi connectivity index (χ0n) is 88.7. The molecule has 23 saturated carbocycles. The second kappa shape index (κ2) is 39.8. The molecule has 0 spiro atoms. The van der Waals surface area contributed by atoms with Gasteiger partial charge in [-0.25, -0.2) is 17.6 Å². The maximum absolute atomic E-state index is 13.6. The van der Waals surface area contributed by atoms with E-state index in [1.807, 2.05) is 0 Å². The van der Waals surface area contributed by atoms with E-state index in [9.17, 15) is 87.8 Å². The molecular formula is C114H190F20. The van der Waals surface area contributed by atoms with Crippen LogP contribution in [-0.4, -0.2) is 64.6 Å². The van der Waals surface area contributed by atoms with Crippen molar-refractivity contribution in [2.24, 2.45) is 172 Å². The first-order valence-corrected chi connectivity index (χ1v) is 54.8. The first kappa shape index (κ1) is 115. The van der Waals surface area contributed by atoms with Gasteiger partial charge in [0.05, 0.1) is 11.8 Å². The first-order valence-electron chi connectivity index (χ1n) is 54.8. The Bertz CT molecular complexity index is 3670. The molecule has 0 aromatic rings. The molecular weight excluding hydrogens is 1750 g/mol. The predicted octanol–water partition coefficient (Wildman–Crippen LogP) is 40.0. The van der Waals surface area contributed by atoms with Gasteiger partial charge in [0.25, 0.3) is 11.6 Å². The lowest BCUT2D eigenvalue weighted by Crippen LogP contribution is -2.77. The Morgan fingerprint density at radius 1 is 0.224 bits per heavy atom. The van der Waals surface area contributed by atoms with E-state index >= 15 is 0 Å². The van der Waals surface area contributed by atoms with Crippen molar-refractivity contribution in [3.05, 3.63) is 0 Å². The van der Waals surface area contributed by atoms with Crippen LogP contribution in [0.1, 0.15) is 482 Å². The van der Waals surface area contributed by atoms with Gasteiger partial charge in [0.15, 0.2) is 0 Å². The van der Waals surface area contributed by atoms with Crippen molar-refractivity contribution >= 4 is 0 Å². The van der Waals surface area contributed by atoms with Gasteiger partial charge < -0.3 is 0 Å². The summed E-state index contributed by atoms with van der Waals surface area (Å²) < 4.78 is 257. The Morgan fingerprint density at radius 2 is 0.560 bits per heavy atom. The zero-order valence-corrected chi connectivity index (χ0v) is 88.7. The molecule has 0 aromatic carbocycles. The highest BCUT2D eigenvalue weighted by molar-refractivity contribution is 5.42. The molecule has 786 valence electrons. The number of halogens is 20. The van der Waals surface area contributed by atoms with Gasteiger partial charge in [-0.15, -0.1) is 0 Å². The summed E-state index contributed by atoms with van der Waals surface area (Å²) in [4.78, 5) is 0. The first-order chi connectivity index (χ1) is 61.0. The van der Waals surface area contributed by atoms with Gasteiger partial charge in [-0.2, -0.15) is 70.2 Å². The minimum absolute atomic E-state index is 0.154. The molecule has 23 aliphatic carbocycles. The largest absolute Gasteiger partial charge is 0.384 e. The maximum atomic E-state index is 13.6. The van der Waals surface area contributed by atoms with E-state index in [0.29, 0.717) is 43.3 Å². The van der Waals surface area contributed by atoms with E-state index in [-0.39, 0.29) is 13.8 Å². The number of hydrogen-bond acceptors (Lipinski definition) is 0. The normalized spacial score (nSPS) is 43.2. The fourth-order valence-electron chi connectivity index (χ4n) is 33.5. The molecule has 0 radical (unpaired) electrons. The molecule has 0 nitrogen and oxygen atoms in total. The van der Waals surface area contributed by atoms with Gasteiger partial charge in [-0.3, -0.25) is 0 Å². The summed E-state index contributed by atoms with van der Waals surface area (Å²) in [5.74, 6) is -46.6. The average molecular weight is 1940 g/mol. The van der Waals surface area contributed by atoms with Crippen molar-refractivity contribution in [1.29, 1.82) is 0 Å². The Labute approximate surface area is 801 Å². The average Bonchev–Trinajstić information content (AvgIpc) is 1.44. The van der Waals surface area contributed by atoms with E-state index in [4.69, 9.17) is 0 Å². The molecule has 23 fully saturated rings. The summed E-state index contributed by atoms with van der Waals surface area (Å²) >= 11 is 0. The number of alkyl halides is 20. The van der Waals surface area contributed by atoms with Crippen LogP contribution in [0.15, 0.2) is 0 Å². The fraction of sp³-hybridized carbons (Fsp3) is 1.00. The van der Waals surface area contributed by atoms with Crippen LogP contribution in [-0.2, 0) is 0 Å².